The molecule has 0 saturated heterocycles. The Balaban J connectivity index is 2.41. The summed E-state index contributed by atoms with van der Waals surface area (Å²) in [6.07, 6.45) is -9.43. The number of benzene rings is 1. The van der Waals surface area contributed by atoms with Crippen LogP contribution in [0.1, 0.15) is 11.5 Å². The molecule has 1 aromatic carbocycles. The molecule has 22 heavy (non-hydrogen) atoms. The van der Waals surface area contributed by atoms with Crippen LogP contribution in [0.3, 0.4) is 0 Å². The largest absolute Gasteiger partial charge is 0.404 e. The lowest BCUT2D eigenvalue weighted by molar-refractivity contribution is -0.253. The highest BCUT2D eigenvalue weighted by atomic mass is 19.4. The van der Waals surface area contributed by atoms with Crippen molar-refractivity contribution in [2.75, 3.05) is 5.73 Å². The highest BCUT2D eigenvalue weighted by Crippen LogP contribution is 2.46. The van der Waals surface area contributed by atoms with Crippen LogP contribution in [-0.2, 0) is 7.05 Å². The fourth-order valence-electron chi connectivity index (χ4n) is 2.09. The second-order valence-corrected chi connectivity index (χ2v) is 4.71. The fourth-order valence-corrected chi connectivity index (χ4v) is 2.09. The number of nitrogens with two attached hydrogens (primary N) is 1. The molecule has 2 rings (SSSR count). The zero-order chi connectivity index (χ0) is 16.7. The summed E-state index contributed by atoms with van der Waals surface area (Å²) in [5.74, 6) is -3.25. The van der Waals surface area contributed by atoms with E-state index in [1.54, 1.807) is 7.05 Å². The van der Waals surface area contributed by atoms with Crippen molar-refractivity contribution < 1.29 is 26.3 Å². The minimum atomic E-state index is -5.41. The Morgan fingerprint density at radius 1 is 1.00 bits per heavy atom. The maximum absolute atomic E-state index is 12.6. The lowest BCUT2D eigenvalue weighted by Crippen LogP contribution is -2.34. The number of rotatable bonds is 2. The van der Waals surface area contributed by atoms with Crippen molar-refractivity contribution in [3.05, 3.63) is 36.0 Å². The van der Waals surface area contributed by atoms with Crippen LogP contribution < -0.4 is 5.73 Å². The molecule has 1 aromatic heterocycles. The molecule has 0 spiro atoms. The summed E-state index contributed by atoms with van der Waals surface area (Å²) in [4.78, 5) is 0. The van der Waals surface area contributed by atoms with E-state index in [0.29, 0.717) is 11.1 Å². The van der Waals surface area contributed by atoms with Crippen LogP contribution in [0.4, 0.5) is 32.2 Å². The van der Waals surface area contributed by atoms with Gasteiger partial charge in [-0.25, -0.2) is 0 Å². The molecule has 1 heterocycles. The molecule has 0 amide bonds. The molecule has 0 atom stereocenters. The summed E-state index contributed by atoms with van der Waals surface area (Å²) in [6, 6.07) is 3.92. The van der Waals surface area contributed by atoms with E-state index in [-0.39, 0.29) is 5.82 Å². The van der Waals surface area contributed by atoms with Gasteiger partial charge < -0.3 is 5.73 Å². The van der Waals surface area contributed by atoms with Crippen LogP contribution in [0.25, 0.3) is 11.1 Å². The van der Waals surface area contributed by atoms with E-state index < -0.39 is 23.8 Å². The van der Waals surface area contributed by atoms with Gasteiger partial charge in [-0.1, -0.05) is 24.3 Å². The molecule has 0 unspecified atom stereocenters. The van der Waals surface area contributed by atoms with E-state index in [4.69, 9.17) is 5.73 Å². The second-order valence-electron chi connectivity index (χ2n) is 4.71. The Morgan fingerprint density at radius 3 is 1.86 bits per heavy atom. The highest BCUT2D eigenvalue weighted by Gasteiger charge is 2.57. The van der Waals surface area contributed by atoms with Crippen LogP contribution in [0, 0.1) is 0 Å². The van der Waals surface area contributed by atoms with Gasteiger partial charge in [-0.05, 0) is 11.1 Å². The molecule has 2 aromatic rings. The van der Waals surface area contributed by atoms with E-state index in [2.05, 4.69) is 5.10 Å². The zero-order valence-corrected chi connectivity index (χ0v) is 11.2. The van der Waals surface area contributed by atoms with Crippen LogP contribution in [0.5, 0.6) is 0 Å². The lowest BCUT2D eigenvalue weighted by atomic mass is 9.95. The third-order valence-electron chi connectivity index (χ3n) is 3.19. The average Bonchev–Trinajstić information content (AvgIpc) is 2.68. The molecule has 0 saturated carbocycles. The first-order valence-electron chi connectivity index (χ1n) is 6.03. The molecule has 0 bridgehead atoms. The number of nitrogen functional groups attached to an aromatic ring is 1. The SMILES string of the molecule is Cn1ncc(-c2ccc(C(C(F)(F)F)C(F)(F)F)cc2)c1N. The number of halogens is 6. The summed E-state index contributed by atoms with van der Waals surface area (Å²) >= 11 is 0. The van der Waals surface area contributed by atoms with Crippen LogP contribution >= 0.6 is 0 Å². The first-order chi connectivity index (χ1) is 10.0. The Labute approximate surface area is 121 Å². The monoisotopic (exact) mass is 323 g/mol. The van der Waals surface area contributed by atoms with Crippen molar-refractivity contribution in [3.8, 4) is 11.1 Å². The summed E-state index contributed by atoms with van der Waals surface area (Å²) in [6.45, 7) is 0. The van der Waals surface area contributed by atoms with Gasteiger partial charge in [-0.15, -0.1) is 0 Å². The number of hydrogen-bond donors (Lipinski definition) is 1. The van der Waals surface area contributed by atoms with Crippen molar-refractivity contribution in [1.82, 2.24) is 9.78 Å². The van der Waals surface area contributed by atoms with Gasteiger partial charge in [-0.2, -0.15) is 31.4 Å². The fraction of sp³-hybridized carbons (Fsp3) is 0.308. The smallest absolute Gasteiger partial charge is 0.383 e. The maximum atomic E-state index is 12.6. The predicted molar refractivity (Wildman–Crippen MR) is 67.9 cm³/mol. The van der Waals surface area contributed by atoms with Crippen molar-refractivity contribution in [1.29, 1.82) is 0 Å². The number of aryl methyl sites for hydroxylation is 1. The molecule has 0 radical (unpaired) electrons. The first-order valence-corrected chi connectivity index (χ1v) is 6.03. The minimum absolute atomic E-state index is 0.260. The lowest BCUT2D eigenvalue weighted by Gasteiger charge is -2.23. The molecule has 2 N–H and O–H groups in total. The molecular weight excluding hydrogens is 312 g/mol. The van der Waals surface area contributed by atoms with E-state index in [1.165, 1.54) is 10.9 Å². The van der Waals surface area contributed by atoms with E-state index >= 15 is 0 Å². The molecule has 0 aliphatic heterocycles. The normalized spacial score (nSPS) is 12.9. The molecule has 0 fully saturated rings. The molecule has 0 aliphatic rings. The van der Waals surface area contributed by atoms with Crippen molar-refractivity contribution >= 4 is 5.82 Å². The van der Waals surface area contributed by atoms with Gasteiger partial charge in [0.15, 0.2) is 5.92 Å². The molecule has 9 heteroatoms. The molecule has 3 nitrogen and oxygen atoms in total. The van der Waals surface area contributed by atoms with E-state index in [1.807, 2.05) is 0 Å². The first kappa shape index (κ1) is 16.2. The van der Waals surface area contributed by atoms with Gasteiger partial charge in [0.1, 0.15) is 5.82 Å². The van der Waals surface area contributed by atoms with Gasteiger partial charge in [0.25, 0.3) is 0 Å². The van der Waals surface area contributed by atoms with Crippen molar-refractivity contribution in [2.24, 2.45) is 7.05 Å². The topological polar surface area (TPSA) is 43.8 Å². The van der Waals surface area contributed by atoms with E-state index in [9.17, 15) is 26.3 Å². The second kappa shape index (κ2) is 5.22. The Hall–Kier alpha value is -2.19. The van der Waals surface area contributed by atoms with E-state index in [0.717, 1.165) is 24.3 Å². The average molecular weight is 323 g/mol. The molecule has 120 valence electrons. The number of aromatic nitrogens is 2. The maximum Gasteiger partial charge on any atom is 0.404 e. The highest BCUT2D eigenvalue weighted by molar-refractivity contribution is 5.73. The predicted octanol–water partition coefficient (Wildman–Crippen LogP) is 3.88. The minimum Gasteiger partial charge on any atom is -0.383 e. The van der Waals surface area contributed by atoms with Crippen LogP contribution in [-0.4, -0.2) is 22.1 Å². The van der Waals surface area contributed by atoms with Crippen LogP contribution in [0.15, 0.2) is 30.5 Å². The zero-order valence-electron chi connectivity index (χ0n) is 11.2. The quantitative estimate of drug-likeness (QED) is 0.853. The summed E-state index contributed by atoms with van der Waals surface area (Å²) in [5, 5.41) is 3.86. The number of hydrogen-bond acceptors (Lipinski definition) is 2. The third-order valence-corrected chi connectivity index (χ3v) is 3.19. The molecule has 0 aliphatic carbocycles. The summed E-state index contributed by atoms with van der Waals surface area (Å²) in [7, 11) is 1.57. The van der Waals surface area contributed by atoms with Gasteiger partial charge in [0.05, 0.1) is 6.20 Å². The number of nitrogens with zero attached hydrogens (tertiary/aromatic N) is 2. The Bertz CT molecular complexity index is 640. The van der Waals surface area contributed by atoms with Crippen LogP contribution in [0.2, 0.25) is 0 Å². The Kier molecular flexibility index (Phi) is 3.84. The summed E-state index contributed by atoms with van der Waals surface area (Å²) in [5.41, 5.74) is 5.66. The van der Waals surface area contributed by atoms with Gasteiger partial charge in [0, 0.05) is 12.6 Å². The van der Waals surface area contributed by atoms with Gasteiger partial charge in [0.2, 0.25) is 0 Å². The standard InChI is InChI=1S/C13H11F6N3/c1-22-11(20)9(6-21-22)7-2-4-8(5-3-7)10(12(14,15)16)13(17,18)19/h2-6,10H,20H2,1H3. The van der Waals surface area contributed by atoms with Crippen molar-refractivity contribution in [2.45, 2.75) is 18.3 Å². The summed E-state index contributed by atoms with van der Waals surface area (Å²) < 4.78 is 77.2. The Morgan fingerprint density at radius 2 is 1.50 bits per heavy atom. The van der Waals surface area contributed by atoms with Crippen molar-refractivity contribution in [3.63, 3.8) is 0 Å². The van der Waals surface area contributed by atoms with Gasteiger partial charge >= 0.3 is 12.4 Å². The molecular formula is C13H11F6N3. The third kappa shape index (κ3) is 3.02. The number of alkyl halides is 6. The number of anilines is 1. The van der Waals surface area contributed by atoms with Gasteiger partial charge in [-0.3, -0.25) is 4.68 Å².